The molecule has 2 aliphatic heterocycles. The van der Waals surface area contributed by atoms with Gasteiger partial charge in [-0.3, -0.25) is 9.89 Å². The summed E-state index contributed by atoms with van der Waals surface area (Å²) in [4.78, 5) is 7.14. The van der Waals surface area contributed by atoms with Crippen molar-refractivity contribution < 1.29 is 4.74 Å². The molecule has 2 aliphatic rings. The van der Waals surface area contributed by atoms with Crippen LogP contribution in [0.1, 0.15) is 18.5 Å². The third kappa shape index (κ3) is 3.99. The summed E-state index contributed by atoms with van der Waals surface area (Å²) in [5.41, 5.74) is 1.33. The van der Waals surface area contributed by atoms with Gasteiger partial charge < -0.3 is 10.1 Å². The van der Waals surface area contributed by atoms with Gasteiger partial charge >= 0.3 is 0 Å². The van der Waals surface area contributed by atoms with Gasteiger partial charge in [0, 0.05) is 18.8 Å². The molecule has 5 heteroatoms. The molecule has 0 spiro atoms. The van der Waals surface area contributed by atoms with Crippen molar-refractivity contribution >= 4 is 16.9 Å². The van der Waals surface area contributed by atoms with Crippen molar-refractivity contribution in [3.63, 3.8) is 0 Å². The van der Waals surface area contributed by atoms with Crippen molar-refractivity contribution in [2.75, 3.05) is 38.5 Å². The fraction of sp³-hybridized carbons (Fsp3) is 0.562. The average molecular weight is 305 g/mol. The van der Waals surface area contributed by atoms with E-state index in [1.807, 2.05) is 11.8 Å². The molecule has 4 nitrogen and oxygen atoms in total. The summed E-state index contributed by atoms with van der Waals surface area (Å²) in [5.74, 6) is 1.05. The molecular weight excluding hydrogens is 282 g/mol. The summed E-state index contributed by atoms with van der Waals surface area (Å²) in [6.45, 7) is 6.93. The number of hydrogen-bond donors (Lipinski definition) is 1. The number of hydrogen-bond acceptors (Lipinski definition) is 4. The van der Waals surface area contributed by atoms with Crippen LogP contribution in [0.3, 0.4) is 0 Å². The van der Waals surface area contributed by atoms with E-state index in [0.717, 1.165) is 43.7 Å². The standard InChI is InChI=1S/C16H23N3OS/c1-2-19-8-9-20-14(11-19)10-17-16-18-15(12-21-16)13-6-4-3-5-7-13/h3-7,14-15H,2,8-12H2,1H3,(H,17,18). The summed E-state index contributed by atoms with van der Waals surface area (Å²) < 4.78 is 5.80. The van der Waals surface area contributed by atoms with E-state index in [2.05, 4.69) is 47.5 Å². The highest BCUT2D eigenvalue weighted by Crippen LogP contribution is 2.25. The normalized spacial score (nSPS) is 28.7. The maximum atomic E-state index is 5.80. The highest BCUT2D eigenvalue weighted by atomic mass is 32.2. The van der Waals surface area contributed by atoms with Crippen LogP contribution in [0.5, 0.6) is 0 Å². The van der Waals surface area contributed by atoms with Gasteiger partial charge in [0.2, 0.25) is 0 Å². The van der Waals surface area contributed by atoms with Gasteiger partial charge in [-0.1, -0.05) is 49.0 Å². The number of benzene rings is 1. The molecule has 0 aromatic heterocycles. The highest BCUT2D eigenvalue weighted by molar-refractivity contribution is 8.14. The number of morpholine rings is 1. The van der Waals surface area contributed by atoms with E-state index in [1.165, 1.54) is 5.56 Å². The largest absolute Gasteiger partial charge is 0.374 e. The molecule has 0 radical (unpaired) electrons. The second kappa shape index (κ2) is 7.29. The van der Waals surface area contributed by atoms with Crippen molar-refractivity contribution in [1.82, 2.24) is 10.2 Å². The molecule has 2 saturated heterocycles. The lowest BCUT2D eigenvalue weighted by molar-refractivity contribution is -0.0209. The minimum Gasteiger partial charge on any atom is -0.374 e. The predicted octanol–water partition coefficient (Wildman–Crippen LogP) is 2.14. The van der Waals surface area contributed by atoms with E-state index in [4.69, 9.17) is 9.73 Å². The Morgan fingerprint density at radius 3 is 3.05 bits per heavy atom. The van der Waals surface area contributed by atoms with Crippen LogP contribution in [0.15, 0.2) is 35.3 Å². The predicted molar refractivity (Wildman–Crippen MR) is 88.9 cm³/mol. The number of nitrogens with zero attached hydrogens (tertiary/aromatic N) is 2. The van der Waals surface area contributed by atoms with Crippen molar-refractivity contribution in [2.45, 2.75) is 19.1 Å². The SMILES string of the molecule is CCN1CCOC(CN=C2NC(c3ccccc3)CS2)C1. The topological polar surface area (TPSA) is 36.9 Å². The summed E-state index contributed by atoms with van der Waals surface area (Å²) in [6, 6.07) is 11.0. The number of amidine groups is 1. The van der Waals surface area contributed by atoms with Gasteiger partial charge in [-0.25, -0.2) is 0 Å². The molecule has 1 aromatic rings. The second-order valence-corrected chi connectivity index (χ2v) is 6.46. The number of rotatable bonds is 4. The van der Waals surface area contributed by atoms with Crippen molar-refractivity contribution in [1.29, 1.82) is 0 Å². The van der Waals surface area contributed by atoms with Gasteiger partial charge in [0.15, 0.2) is 5.17 Å². The smallest absolute Gasteiger partial charge is 0.157 e. The molecule has 0 aliphatic carbocycles. The Bertz CT molecular complexity index is 480. The third-order valence-corrected chi connectivity index (χ3v) is 5.02. The second-order valence-electron chi connectivity index (χ2n) is 5.45. The van der Waals surface area contributed by atoms with Crippen LogP contribution in [0.25, 0.3) is 0 Å². The number of likely N-dealkylation sites (N-methyl/N-ethyl adjacent to an activating group) is 1. The summed E-state index contributed by atoms with van der Waals surface area (Å²) in [6.07, 6.45) is 0.240. The molecule has 0 bridgehead atoms. The van der Waals surface area contributed by atoms with E-state index in [9.17, 15) is 0 Å². The van der Waals surface area contributed by atoms with Gasteiger partial charge in [0.25, 0.3) is 0 Å². The Balaban J connectivity index is 1.52. The van der Waals surface area contributed by atoms with Crippen LogP contribution in [-0.2, 0) is 4.74 Å². The van der Waals surface area contributed by atoms with Crippen LogP contribution < -0.4 is 5.32 Å². The quantitative estimate of drug-likeness (QED) is 0.925. The van der Waals surface area contributed by atoms with Gasteiger partial charge in [-0.05, 0) is 12.1 Å². The summed E-state index contributed by atoms with van der Waals surface area (Å²) >= 11 is 1.81. The Hall–Kier alpha value is -1.04. The minimum absolute atomic E-state index is 0.240. The Morgan fingerprint density at radius 2 is 2.24 bits per heavy atom. The Morgan fingerprint density at radius 1 is 1.38 bits per heavy atom. The van der Waals surface area contributed by atoms with Gasteiger partial charge in [-0.2, -0.15) is 0 Å². The Kier molecular flexibility index (Phi) is 5.17. The maximum Gasteiger partial charge on any atom is 0.157 e. The highest BCUT2D eigenvalue weighted by Gasteiger charge is 2.23. The molecule has 114 valence electrons. The number of ether oxygens (including phenoxy) is 1. The summed E-state index contributed by atoms with van der Waals surface area (Å²) in [5, 5.41) is 4.57. The molecule has 0 saturated carbocycles. The van der Waals surface area contributed by atoms with E-state index in [-0.39, 0.29) is 6.10 Å². The molecule has 2 unspecified atom stereocenters. The molecule has 2 fully saturated rings. The molecule has 2 atom stereocenters. The summed E-state index contributed by atoms with van der Waals surface area (Å²) in [7, 11) is 0. The van der Waals surface area contributed by atoms with E-state index >= 15 is 0 Å². The molecule has 21 heavy (non-hydrogen) atoms. The maximum absolute atomic E-state index is 5.80. The molecule has 0 amide bonds. The van der Waals surface area contributed by atoms with Crippen molar-refractivity contribution in [3.8, 4) is 0 Å². The van der Waals surface area contributed by atoms with Gasteiger partial charge in [-0.15, -0.1) is 0 Å². The van der Waals surface area contributed by atoms with Crippen molar-refractivity contribution in [3.05, 3.63) is 35.9 Å². The van der Waals surface area contributed by atoms with E-state index in [1.54, 1.807) is 0 Å². The van der Waals surface area contributed by atoms with Crippen LogP contribution >= 0.6 is 11.8 Å². The average Bonchev–Trinajstić information content (AvgIpc) is 3.03. The first-order valence-corrected chi connectivity index (χ1v) is 8.66. The van der Waals surface area contributed by atoms with Crippen LogP contribution in [-0.4, -0.2) is 54.7 Å². The molecule has 3 rings (SSSR count). The van der Waals surface area contributed by atoms with Gasteiger partial charge in [0.1, 0.15) is 0 Å². The first-order chi connectivity index (χ1) is 10.3. The zero-order valence-electron chi connectivity index (χ0n) is 12.5. The first-order valence-electron chi connectivity index (χ1n) is 7.68. The Labute approximate surface area is 131 Å². The number of nitrogens with one attached hydrogen (secondary N) is 1. The molecule has 1 N–H and O–H groups in total. The lowest BCUT2D eigenvalue weighted by Gasteiger charge is -2.31. The fourth-order valence-corrected chi connectivity index (χ4v) is 3.71. The number of thioether (sulfide) groups is 1. The van der Waals surface area contributed by atoms with E-state index < -0.39 is 0 Å². The third-order valence-electron chi connectivity index (χ3n) is 4.00. The van der Waals surface area contributed by atoms with Crippen LogP contribution in [0.4, 0.5) is 0 Å². The minimum atomic E-state index is 0.240. The van der Waals surface area contributed by atoms with Crippen molar-refractivity contribution in [2.24, 2.45) is 4.99 Å². The lowest BCUT2D eigenvalue weighted by atomic mass is 10.1. The molecule has 2 heterocycles. The first kappa shape index (κ1) is 14.9. The van der Waals surface area contributed by atoms with Crippen LogP contribution in [0.2, 0.25) is 0 Å². The molecule has 1 aromatic carbocycles. The monoisotopic (exact) mass is 305 g/mol. The lowest BCUT2D eigenvalue weighted by Crippen LogP contribution is -2.43. The van der Waals surface area contributed by atoms with Crippen LogP contribution in [0, 0.1) is 0 Å². The number of aliphatic imine (C=N–C) groups is 1. The fourth-order valence-electron chi connectivity index (χ4n) is 2.71. The van der Waals surface area contributed by atoms with E-state index in [0.29, 0.717) is 6.04 Å². The zero-order valence-corrected chi connectivity index (χ0v) is 13.3. The zero-order chi connectivity index (χ0) is 14.5. The van der Waals surface area contributed by atoms with Gasteiger partial charge in [0.05, 0.1) is 25.3 Å². The molecular formula is C16H23N3OS.